The van der Waals surface area contributed by atoms with Crippen LogP contribution in [0.1, 0.15) is 33.6 Å². The van der Waals surface area contributed by atoms with Crippen molar-refractivity contribution in [1.82, 2.24) is 9.91 Å². The quantitative estimate of drug-likeness (QED) is 0.663. The largest absolute Gasteiger partial charge is 0.339 e. The molecule has 0 N–H and O–H groups in total. The molecule has 0 radical (unpaired) electrons. The molecular weight excluding hydrogens is 162 g/mol. The van der Waals surface area contributed by atoms with E-state index in [1.807, 2.05) is 6.34 Å². The van der Waals surface area contributed by atoms with Gasteiger partial charge in [-0.2, -0.15) is 5.10 Å². The highest BCUT2D eigenvalue weighted by atomic mass is 15.6. The lowest BCUT2D eigenvalue weighted by molar-refractivity contribution is 0.140. The standard InChI is InChI=1S/C10H21N3/c1-5-6-10-12(4)11-8-13(10)7-9(2)3/h8-10H,5-7H2,1-4H3. The third-order valence-corrected chi connectivity index (χ3v) is 2.32. The molecule has 1 aliphatic heterocycles. The molecule has 0 fully saturated rings. The van der Waals surface area contributed by atoms with Crippen molar-refractivity contribution in [3.63, 3.8) is 0 Å². The van der Waals surface area contributed by atoms with Gasteiger partial charge in [-0.1, -0.05) is 27.2 Å². The van der Waals surface area contributed by atoms with E-state index in [0.717, 1.165) is 6.54 Å². The fourth-order valence-electron chi connectivity index (χ4n) is 1.72. The van der Waals surface area contributed by atoms with Crippen molar-refractivity contribution in [2.45, 2.75) is 39.8 Å². The zero-order valence-electron chi connectivity index (χ0n) is 9.20. The topological polar surface area (TPSA) is 18.8 Å². The SMILES string of the molecule is CCCC1N(CC(C)C)C=NN1C. The Morgan fingerprint density at radius 1 is 1.46 bits per heavy atom. The van der Waals surface area contributed by atoms with Gasteiger partial charge in [0.05, 0.1) is 0 Å². The maximum Gasteiger partial charge on any atom is 0.118 e. The first-order valence-electron chi connectivity index (χ1n) is 5.17. The summed E-state index contributed by atoms with van der Waals surface area (Å²) in [6, 6.07) is 0. The van der Waals surface area contributed by atoms with Gasteiger partial charge >= 0.3 is 0 Å². The lowest BCUT2D eigenvalue weighted by atomic mass is 10.2. The van der Waals surface area contributed by atoms with Crippen LogP contribution in [0.2, 0.25) is 0 Å². The Balaban J connectivity index is 2.48. The number of hydrazone groups is 1. The molecule has 0 bridgehead atoms. The number of hydrogen-bond donors (Lipinski definition) is 0. The summed E-state index contributed by atoms with van der Waals surface area (Å²) in [5.41, 5.74) is 0. The van der Waals surface area contributed by atoms with Gasteiger partial charge < -0.3 is 4.90 Å². The average Bonchev–Trinajstić information content (AvgIpc) is 2.35. The van der Waals surface area contributed by atoms with Crippen LogP contribution in [0, 0.1) is 5.92 Å². The molecule has 3 heteroatoms. The highest BCUT2D eigenvalue weighted by Gasteiger charge is 2.23. The van der Waals surface area contributed by atoms with Crippen LogP contribution in [-0.4, -0.2) is 36.0 Å². The van der Waals surface area contributed by atoms with Gasteiger partial charge in [-0.15, -0.1) is 0 Å². The van der Waals surface area contributed by atoms with Crippen LogP contribution in [0.25, 0.3) is 0 Å². The Bertz CT molecular complexity index is 177. The first kappa shape index (κ1) is 10.4. The highest BCUT2D eigenvalue weighted by Crippen LogP contribution is 2.16. The number of rotatable bonds is 4. The van der Waals surface area contributed by atoms with E-state index in [0.29, 0.717) is 12.1 Å². The van der Waals surface area contributed by atoms with E-state index in [1.54, 1.807) is 0 Å². The van der Waals surface area contributed by atoms with E-state index >= 15 is 0 Å². The minimum atomic E-state index is 0.493. The predicted molar refractivity (Wildman–Crippen MR) is 56.5 cm³/mol. The van der Waals surface area contributed by atoms with E-state index in [-0.39, 0.29) is 0 Å². The molecule has 1 unspecified atom stereocenters. The molecule has 1 aliphatic rings. The van der Waals surface area contributed by atoms with Crippen molar-refractivity contribution in [2.24, 2.45) is 11.0 Å². The fraction of sp³-hybridized carbons (Fsp3) is 0.900. The van der Waals surface area contributed by atoms with Crippen LogP contribution in [0.5, 0.6) is 0 Å². The van der Waals surface area contributed by atoms with E-state index < -0.39 is 0 Å². The second-order valence-electron chi connectivity index (χ2n) is 4.16. The summed E-state index contributed by atoms with van der Waals surface area (Å²) < 4.78 is 0. The lowest BCUT2D eigenvalue weighted by Crippen LogP contribution is -2.39. The zero-order chi connectivity index (χ0) is 9.84. The smallest absolute Gasteiger partial charge is 0.118 e. The van der Waals surface area contributed by atoms with E-state index in [9.17, 15) is 0 Å². The van der Waals surface area contributed by atoms with Crippen molar-refractivity contribution in [3.05, 3.63) is 0 Å². The molecule has 1 heterocycles. The fourth-order valence-corrected chi connectivity index (χ4v) is 1.72. The summed E-state index contributed by atoms with van der Waals surface area (Å²) in [6.45, 7) is 7.82. The summed E-state index contributed by atoms with van der Waals surface area (Å²) in [4.78, 5) is 2.34. The number of nitrogens with zero attached hydrogens (tertiary/aromatic N) is 3. The molecular formula is C10H21N3. The monoisotopic (exact) mass is 183 g/mol. The number of hydrogen-bond acceptors (Lipinski definition) is 3. The van der Waals surface area contributed by atoms with Gasteiger partial charge in [0.1, 0.15) is 12.5 Å². The first-order chi connectivity index (χ1) is 6.15. The molecule has 0 spiro atoms. The van der Waals surface area contributed by atoms with Gasteiger partial charge in [0.2, 0.25) is 0 Å². The van der Waals surface area contributed by atoms with E-state index in [2.05, 4.69) is 42.8 Å². The van der Waals surface area contributed by atoms with Gasteiger partial charge in [0, 0.05) is 13.6 Å². The van der Waals surface area contributed by atoms with Gasteiger partial charge in [0.15, 0.2) is 0 Å². The van der Waals surface area contributed by atoms with Crippen LogP contribution in [0.4, 0.5) is 0 Å². The predicted octanol–water partition coefficient (Wildman–Crippen LogP) is 1.96. The molecule has 0 amide bonds. The average molecular weight is 183 g/mol. The van der Waals surface area contributed by atoms with Gasteiger partial charge in [0.25, 0.3) is 0 Å². The lowest BCUT2D eigenvalue weighted by Gasteiger charge is -2.29. The van der Waals surface area contributed by atoms with Crippen LogP contribution in [0.3, 0.4) is 0 Å². The normalized spacial score (nSPS) is 22.1. The highest BCUT2D eigenvalue weighted by molar-refractivity contribution is 5.56. The molecule has 0 aromatic carbocycles. The summed E-state index contributed by atoms with van der Waals surface area (Å²) >= 11 is 0. The van der Waals surface area contributed by atoms with E-state index in [4.69, 9.17) is 0 Å². The van der Waals surface area contributed by atoms with Crippen molar-refractivity contribution in [1.29, 1.82) is 0 Å². The Morgan fingerprint density at radius 3 is 2.69 bits per heavy atom. The summed E-state index contributed by atoms with van der Waals surface area (Å²) in [5, 5.41) is 6.37. The molecule has 0 aromatic heterocycles. The zero-order valence-corrected chi connectivity index (χ0v) is 9.20. The molecule has 0 saturated heterocycles. The maximum absolute atomic E-state index is 4.30. The molecule has 1 rings (SSSR count). The summed E-state index contributed by atoms with van der Waals surface area (Å²) in [6.07, 6.45) is 4.88. The Hall–Kier alpha value is -0.730. The summed E-state index contributed by atoms with van der Waals surface area (Å²) in [7, 11) is 2.05. The molecule has 1 atom stereocenters. The van der Waals surface area contributed by atoms with E-state index in [1.165, 1.54) is 12.8 Å². The van der Waals surface area contributed by atoms with Crippen molar-refractivity contribution >= 4 is 6.34 Å². The molecule has 0 aliphatic carbocycles. The Labute approximate surface area is 81.4 Å². The molecule has 76 valence electrons. The van der Waals surface area contributed by atoms with Crippen LogP contribution < -0.4 is 0 Å². The Kier molecular flexibility index (Phi) is 3.58. The van der Waals surface area contributed by atoms with Crippen LogP contribution >= 0.6 is 0 Å². The third kappa shape index (κ3) is 2.61. The third-order valence-electron chi connectivity index (χ3n) is 2.32. The molecule has 0 saturated carbocycles. The maximum atomic E-state index is 4.30. The van der Waals surface area contributed by atoms with Crippen molar-refractivity contribution in [3.8, 4) is 0 Å². The molecule has 0 aromatic rings. The second kappa shape index (κ2) is 4.49. The van der Waals surface area contributed by atoms with Gasteiger partial charge in [-0.3, -0.25) is 5.01 Å². The molecule has 3 nitrogen and oxygen atoms in total. The van der Waals surface area contributed by atoms with Crippen molar-refractivity contribution in [2.75, 3.05) is 13.6 Å². The van der Waals surface area contributed by atoms with Gasteiger partial charge in [-0.05, 0) is 12.3 Å². The minimum Gasteiger partial charge on any atom is -0.339 e. The second-order valence-corrected chi connectivity index (χ2v) is 4.16. The van der Waals surface area contributed by atoms with Crippen LogP contribution in [0.15, 0.2) is 5.10 Å². The van der Waals surface area contributed by atoms with Gasteiger partial charge in [-0.25, -0.2) is 0 Å². The first-order valence-corrected chi connectivity index (χ1v) is 5.17. The summed E-state index contributed by atoms with van der Waals surface area (Å²) in [5.74, 6) is 0.706. The molecule has 13 heavy (non-hydrogen) atoms. The minimum absolute atomic E-state index is 0.493. The van der Waals surface area contributed by atoms with Crippen LogP contribution in [-0.2, 0) is 0 Å². The van der Waals surface area contributed by atoms with Crippen molar-refractivity contribution < 1.29 is 0 Å². The Morgan fingerprint density at radius 2 is 2.15 bits per heavy atom.